The van der Waals surface area contributed by atoms with Crippen LogP contribution in [0.15, 0.2) is 67.0 Å². The number of halogens is 1. The van der Waals surface area contributed by atoms with E-state index in [9.17, 15) is 4.79 Å². The standard InChI is InChI=1S/C23H16ClN3O3/c24-18-5-1-4-16-17(10-19(27-22(16)18)15-3-2-8-25-12-15)23(28)26-11-14-6-7-20-21(9-14)30-13-29-20/h1-10,12H,11,13H2,(H,26,28). The minimum atomic E-state index is -0.215. The van der Waals surface area contributed by atoms with Gasteiger partial charge in [-0.2, -0.15) is 0 Å². The van der Waals surface area contributed by atoms with Gasteiger partial charge in [-0.25, -0.2) is 4.98 Å². The van der Waals surface area contributed by atoms with Crippen LogP contribution in [-0.2, 0) is 6.54 Å². The van der Waals surface area contributed by atoms with Gasteiger partial charge in [-0.15, -0.1) is 0 Å². The third-order valence-corrected chi connectivity index (χ3v) is 5.19. The Morgan fingerprint density at radius 1 is 1.07 bits per heavy atom. The van der Waals surface area contributed by atoms with E-state index in [4.69, 9.17) is 21.1 Å². The first-order chi connectivity index (χ1) is 14.7. The molecule has 0 radical (unpaired) electrons. The number of hydrogen-bond acceptors (Lipinski definition) is 5. The zero-order chi connectivity index (χ0) is 20.5. The van der Waals surface area contributed by atoms with Crippen molar-refractivity contribution in [1.82, 2.24) is 15.3 Å². The molecule has 4 aromatic rings. The molecule has 0 unspecified atom stereocenters. The van der Waals surface area contributed by atoms with E-state index in [1.165, 1.54) is 0 Å². The summed E-state index contributed by atoms with van der Waals surface area (Å²) >= 11 is 6.38. The average Bonchev–Trinajstić information content (AvgIpc) is 3.26. The molecule has 2 aromatic heterocycles. The van der Waals surface area contributed by atoms with Gasteiger partial charge in [-0.05, 0) is 42.0 Å². The summed E-state index contributed by atoms with van der Waals surface area (Å²) < 4.78 is 10.7. The summed E-state index contributed by atoms with van der Waals surface area (Å²) in [5.41, 5.74) is 3.44. The molecule has 0 saturated heterocycles. The van der Waals surface area contributed by atoms with Gasteiger partial charge in [0.05, 0.1) is 21.8 Å². The number of rotatable bonds is 4. The van der Waals surface area contributed by atoms with E-state index >= 15 is 0 Å². The third kappa shape index (κ3) is 3.42. The van der Waals surface area contributed by atoms with Crippen molar-refractivity contribution in [3.8, 4) is 22.8 Å². The van der Waals surface area contributed by atoms with Gasteiger partial charge in [0.25, 0.3) is 5.91 Å². The van der Waals surface area contributed by atoms with Gasteiger partial charge in [0.15, 0.2) is 11.5 Å². The Morgan fingerprint density at radius 2 is 1.97 bits per heavy atom. The van der Waals surface area contributed by atoms with Gasteiger partial charge in [0, 0.05) is 29.9 Å². The topological polar surface area (TPSA) is 73.3 Å². The maximum absolute atomic E-state index is 13.1. The zero-order valence-electron chi connectivity index (χ0n) is 15.8. The molecule has 3 heterocycles. The predicted octanol–water partition coefficient (Wildman–Crippen LogP) is 4.61. The number of carbonyl (C=O) groups is 1. The van der Waals surface area contributed by atoms with Crippen LogP contribution in [0.2, 0.25) is 5.02 Å². The van der Waals surface area contributed by atoms with Crippen molar-refractivity contribution in [3.63, 3.8) is 0 Å². The molecule has 1 aliphatic heterocycles. The second-order valence-electron chi connectivity index (χ2n) is 6.80. The Bertz CT molecular complexity index is 1260. The molecule has 30 heavy (non-hydrogen) atoms. The van der Waals surface area contributed by atoms with Crippen LogP contribution in [0.1, 0.15) is 15.9 Å². The smallest absolute Gasteiger partial charge is 0.252 e. The number of fused-ring (bicyclic) bond motifs is 2. The van der Waals surface area contributed by atoms with Gasteiger partial charge in [0.2, 0.25) is 6.79 Å². The monoisotopic (exact) mass is 417 g/mol. The van der Waals surface area contributed by atoms with E-state index in [-0.39, 0.29) is 12.7 Å². The normalized spacial score (nSPS) is 12.2. The summed E-state index contributed by atoms with van der Waals surface area (Å²) in [6.07, 6.45) is 3.40. The average molecular weight is 418 g/mol. The minimum absolute atomic E-state index is 0.214. The van der Waals surface area contributed by atoms with Gasteiger partial charge < -0.3 is 14.8 Å². The predicted molar refractivity (Wildman–Crippen MR) is 114 cm³/mol. The molecule has 148 valence electrons. The van der Waals surface area contributed by atoms with Crippen molar-refractivity contribution >= 4 is 28.4 Å². The van der Waals surface area contributed by atoms with Gasteiger partial charge in [0.1, 0.15) is 0 Å². The molecule has 0 atom stereocenters. The number of nitrogens with one attached hydrogen (secondary N) is 1. The number of pyridine rings is 2. The molecule has 0 fully saturated rings. The molecule has 1 amide bonds. The highest BCUT2D eigenvalue weighted by atomic mass is 35.5. The summed E-state index contributed by atoms with van der Waals surface area (Å²) in [5.74, 6) is 1.18. The summed E-state index contributed by atoms with van der Waals surface area (Å²) in [6.45, 7) is 0.564. The molecule has 0 bridgehead atoms. The fourth-order valence-corrected chi connectivity index (χ4v) is 3.61. The Balaban J connectivity index is 1.49. The lowest BCUT2D eigenvalue weighted by Gasteiger charge is -2.12. The molecular weight excluding hydrogens is 402 g/mol. The molecule has 0 saturated carbocycles. The highest BCUT2D eigenvalue weighted by Crippen LogP contribution is 2.33. The third-order valence-electron chi connectivity index (χ3n) is 4.88. The van der Waals surface area contributed by atoms with Crippen LogP contribution in [0.5, 0.6) is 11.5 Å². The van der Waals surface area contributed by atoms with E-state index in [1.807, 2.05) is 42.5 Å². The van der Waals surface area contributed by atoms with Crippen LogP contribution in [0, 0.1) is 0 Å². The van der Waals surface area contributed by atoms with Crippen molar-refractivity contribution in [1.29, 1.82) is 0 Å². The summed E-state index contributed by atoms with van der Waals surface area (Å²) in [4.78, 5) is 21.9. The molecule has 6 nitrogen and oxygen atoms in total. The fourth-order valence-electron chi connectivity index (χ4n) is 3.39. The van der Waals surface area contributed by atoms with Crippen LogP contribution in [-0.4, -0.2) is 22.7 Å². The first-order valence-corrected chi connectivity index (χ1v) is 9.73. The maximum atomic E-state index is 13.1. The summed E-state index contributed by atoms with van der Waals surface area (Å²) in [5, 5.41) is 4.16. The fraction of sp³-hybridized carbons (Fsp3) is 0.0870. The lowest BCUT2D eigenvalue weighted by Crippen LogP contribution is -2.23. The van der Waals surface area contributed by atoms with Gasteiger partial charge >= 0.3 is 0 Å². The second-order valence-corrected chi connectivity index (χ2v) is 7.21. The number of para-hydroxylation sites is 1. The number of aromatic nitrogens is 2. The number of nitrogens with zero attached hydrogens (tertiary/aromatic N) is 2. The van der Waals surface area contributed by atoms with Crippen molar-refractivity contribution in [2.45, 2.75) is 6.54 Å². The Labute approximate surface area is 177 Å². The number of amides is 1. The first kappa shape index (κ1) is 18.4. The Morgan fingerprint density at radius 3 is 2.83 bits per heavy atom. The van der Waals surface area contributed by atoms with Crippen LogP contribution in [0.4, 0.5) is 0 Å². The Kier molecular flexibility index (Phi) is 4.69. The van der Waals surface area contributed by atoms with Crippen molar-refractivity contribution in [2.75, 3.05) is 6.79 Å². The van der Waals surface area contributed by atoms with Crippen LogP contribution >= 0.6 is 11.6 Å². The lowest BCUT2D eigenvalue weighted by molar-refractivity contribution is 0.0952. The number of carbonyl (C=O) groups excluding carboxylic acids is 1. The lowest BCUT2D eigenvalue weighted by atomic mass is 10.0. The van der Waals surface area contributed by atoms with Crippen LogP contribution in [0.3, 0.4) is 0 Å². The molecule has 0 spiro atoms. The van der Waals surface area contributed by atoms with Crippen molar-refractivity contribution in [3.05, 3.63) is 83.1 Å². The van der Waals surface area contributed by atoms with E-state index in [2.05, 4.69) is 15.3 Å². The minimum Gasteiger partial charge on any atom is -0.454 e. The van der Waals surface area contributed by atoms with E-state index < -0.39 is 0 Å². The molecule has 0 aliphatic carbocycles. The second kappa shape index (κ2) is 7.65. The van der Waals surface area contributed by atoms with E-state index in [0.717, 1.165) is 11.1 Å². The molecule has 1 N–H and O–H groups in total. The SMILES string of the molecule is O=C(NCc1ccc2c(c1)OCO2)c1cc(-c2cccnc2)nc2c(Cl)cccc12. The highest BCUT2D eigenvalue weighted by Gasteiger charge is 2.17. The zero-order valence-corrected chi connectivity index (χ0v) is 16.5. The van der Waals surface area contributed by atoms with E-state index in [0.29, 0.717) is 45.2 Å². The first-order valence-electron chi connectivity index (χ1n) is 9.35. The quantitative estimate of drug-likeness (QED) is 0.525. The summed E-state index contributed by atoms with van der Waals surface area (Å²) in [6, 6.07) is 16.5. The number of benzene rings is 2. The maximum Gasteiger partial charge on any atom is 0.252 e. The molecule has 1 aliphatic rings. The van der Waals surface area contributed by atoms with Crippen LogP contribution in [0.25, 0.3) is 22.2 Å². The number of hydrogen-bond donors (Lipinski definition) is 1. The van der Waals surface area contributed by atoms with Gasteiger partial charge in [-0.3, -0.25) is 9.78 Å². The largest absolute Gasteiger partial charge is 0.454 e. The molecule has 7 heteroatoms. The number of ether oxygens (including phenoxy) is 2. The summed E-state index contributed by atoms with van der Waals surface area (Å²) in [7, 11) is 0. The van der Waals surface area contributed by atoms with Crippen molar-refractivity contribution < 1.29 is 14.3 Å². The highest BCUT2D eigenvalue weighted by molar-refractivity contribution is 6.35. The molecular formula is C23H16ClN3O3. The van der Waals surface area contributed by atoms with Crippen molar-refractivity contribution in [2.24, 2.45) is 0 Å². The van der Waals surface area contributed by atoms with Gasteiger partial charge in [-0.1, -0.05) is 29.8 Å². The Hall–Kier alpha value is -3.64. The molecule has 2 aromatic carbocycles. The van der Waals surface area contributed by atoms with E-state index in [1.54, 1.807) is 24.5 Å². The molecule has 5 rings (SSSR count). The van der Waals surface area contributed by atoms with Crippen LogP contribution < -0.4 is 14.8 Å².